The minimum Gasteiger partial charge on any atom is -0.0587 e. The molecule has 0 aliphatic rings. The van der Waals surface area contributed by atoms with Crippen molar-refractivity contribution in [3.05, 3.63) is 108 Å². The van der Waals surface area contributed by atoms with Gasteiger partial charge < -0.3 is 0 Å². The van der Waals surface area contributed by atoms with E-state index in [2.05, 4.69) is 103 Å². The van der Waals surface area contributed by atoms with Gasteiger partial charge in [0.15, 0.2) is 0 Å². The van der Waals surface area contributed by atoms with Crippen LogP contribution in [0.15, 0.2) is 91.1 Å². The van der Waals surface area contributed by atoms with Crippen LogP contribution in [-0.4, -0.2) is 18.3 Å². The Morgan fingerprint density at radius 3 is 2.44 bits per heavy atom. The van der Waals surface area contributed by atoms with Gasteiger partial charge in [-0.05, 0) is 17.7 Å². The van der Waals surface area contributed by atoms with Crippen LogP contribution in [0, 0.1) is 6.92 Å². The number of fused-ring (bicyclic) bond motifs is 4. The summed E-state index contributed by atoms with van der Waals surface area (Å²) < 4.78 is 13.5. The van der Waals surface area contributed by atoms with Crippen LogP contribution in [0.1, 0.15) is 30.9 Å². The van der Waals surface area contributed by atoms with Crippen molar-refractivity contribution in [2.24, 2.45) is 0 Å². The van der Waals surface area contributed by atoms with Crippen LogP contribution in [0.25, 0.3) is 42.2 Å². The van der Waals surface area contributed by atoms with Gasteiger partial charge in [0.05, 0.1) is 0 Å². The summed E-state index contributed by atoms with van der Waals surface area (Å²) in [6.07, 6.45) is 1.86. The van der Waals surface area contributed by atoms with Crippen molar-refractivity contribution >= 4 is 59.9 Å². The summed E-state index contributed by atoms with van der Waals surface area (Å²) >= 11 is -0.0767. The number of rotatable bonds is 4. The van der Waals surface area contributed by atoms with Crippen LogP contribution in [0.2, 0.25) is 17.3 Å². The molecule has 6 aromatic rings. The first kappa shape index (κ1) is 22.3. The van der Waals surface area contributed by atoms with Crippen molar-refractivity contribution in [1.29, 1.82) is 0 Å². The Kier molecular flexibility index (Phi) is 5.48. The molecule has 1 atom stereocenters. The number of hydrogen-bond acceptors (Lipinski definition) is 2. The molecule has 4 aromatic carbocycles. The first-order chi connectivity index (χ1) is 17.6. The number of thiophene rings is 1. The summed E-state index contributed by atoms with van der Waals surface area (Å²) in [7, 11) is 0. The minimum absolute atomic E-state index is 0.891. The maximum atomic E-state index is 9.41. The van der Waals surface area contributed by atoms with Gasteiger partial charge in [-0.15, -0.1) is 0 Å². The predicted octanol–water partition coefficient (Wildman–Crippen LogP) is 9.28. The molecule has 0 saturated heterocycles. The summed E-state index contributed by atoms with van der Waals surface area (Å²) in [5, 5.41) is 5.04. The van der Waals surface area contributed by atoms with Crippen molar-refractivity contribution in [1.82, 2.24) is 4.98 Å². The molecule has 0 amide bonds. The maximum absolute atomic E-state index is 9.41. The third kappa shape index (κ3) is 4.17. The second-order valence-corrected chi connectivity index (χ2v) is 22.6. The van der Waals surface area contributed by atoms with Crippen molar-refractivity contribution in [3.8, 4) is 11.3 Å². The van der Waals surface area contributed by atoms with Crippen LogP contribution in [0.3, 0.4) is 0 Å². The SMILES string of the molecule is [2H]C(C)(c1ccnc(-c2cccc3c2sc2cc[c]([Ge]([CH3])([CH3])[CH3])cc23)c1)c1ccc2ccc(C)cc2c1. The summed E-state index contributed by atoms with van der Waals surface area (Å²) in [5.74, 6) is 6.46. The normalized spacial score (nSPS) is 14.3. The van der Waals surface area contributed by atoms with Gasteiger partial charge in [0.25, 0.3) is 0 Å². The molecule has 1 nitrogen and oxygen atoms in total. The zero-order valence-electron chi connectivity index (χ0n) is 22.5. The first-order valence-corrected chi connectivity index (χ1v) is 20.7. The Balaban J connectivity index is 1.47. The molecule has 36 heavy (non-hydrogen) atoms. The second kappa shape index (κ2) is 8.86. The fraction of sp³-hybridized carbons (Fsp3) is 0.182. The van der Waals surface area contributed by atoms with Crippen molar-refractivity contribution in [2.75, 3.05) is 0 Å². The van der Waals surface area contributed by atoms with E-state index in [0.29, 0.717) is 0 Å². The molecule has 178 valence electrons. The minimum atomic E-state index is -1.93. The van der Waals surface area contributed by atoms with E-state index in [1.165, 1.54) is 40.9 Å². The topological polar surface area (TPSA) is 12.9 Å². The Hall–Kier alpha value is -2.95. The van der Waals surface area contributed by atoms with Crippen LogP contribution in [0.4, 0.5) is 0 Å². The molecule has 0 saturated carbocycles. The molecule has 6 rings (SSSR count). The van der Waals surface area contributed by atoms with Crippen LogP contribution in [0.5, 0.6) is 0 Å². The molecule has 0 aliphatic heterocycles. The van der Waals surface area contributed by atoms with Crippen LogP contribution in [-0.2, 0) is 0 Å². The third-order valence-corrected chi connectivity index (χ3v) is 12.8. The summed E-state index contributed by atoms with van der Waals surface area (Å²) in [4.78, 5) is 4.79. The fourth-order valence-corrected chi connectivity index (χ4v) is 8.68. The van der Waals surface area contributed by atoms with E-state index in [9.17, 15) is 1.37 Å². The molecule has 0 aliphatic carbocycles. The summed E-state index contributed by atoms with van der Waals surface area (Å²) in [6.45, 7) is 4.10. The predicted molar refractivity (Wildman–Crippen MR) is 162 cm³/mol. The van der Waals surface area contributed by atoms with Crippen LogP contribution >= 0.6 is 11.3 Å². The van der Waals surface area contributed by atoms with E-state index in [0.717, 1.165) is 22.4 Å². The number of aromatic nitrogens is 1. The molecular formula is C33H31GeNS. The molecule has 2 heterocycles. The van der Waals surface area contributed by atoms with E-state index in [1.807, 2.05) is 30.5 Å². The number of pyridine rings is 1. The zero-order valence-corrected chi connectivity index (χ0v) is 24.4. The molecule has 0 N–H and O–H groups in total. The fourth-order valence-electron chi connectivity index (χ4n) is 5.04. The van der Waals surface area contributed by atoms with E-state index in [4.69, 9.17) is 4.98 Å². The average molecular weight is 547 g/mol. The Labute approximate surface area is 221 Å². The van der Waals surface area contributed by atoms with Gasteiger partial charge in [0.1, 0.15) is 0 Å². The standard InChI is InChI=1S/C33H31GeNS/c1-21-9-10-23-11-12-24(18-26(23)17-21)22(2)25-15-16-35-31(19-25)29-8-6-7-28-30-20-27(34(3,4)5)13-14-32(30)36-33(28)29/h6-20,22H,1-5H3/i22D. The molecule has 1 unspecified atom stereocenters. The number of benzene rings is 4. The molecular weight excluding hydrogens is 515 g/mol. The van der Waals surface area contributed by atoms with E-state index in [-0.39, 0.29) is 0 Å². The Morgan fingerprint density at radius 1 is 0.806 bits per heavy atom. The Morgan fingerprint density at radius 2 is 1.61 bits per heavy atom. The van der Waals surface area contributed by atoms with Gasteiger partial charge in [-0.1, -0.05) is 29.8 Å². The quantitative estimate of drug-likeness (QED) is 0.201. The number of nitrogens with zero attached hydrogens (tertiary/aromatic N) is 1. The molecule has 0 bridgehead atoms. The van der Waals surface area contributed by atoms with Gasteiger partial charge in [0, 0.05) is 0 Å². The first-order valence-electron chi connectivity index (χ1n) is 13.0. The molecule has 0 radical (unpaired) electrons. The van der Waals surface area contributed by atoms with E-state index >= 15 is 0 Å². The van der Waals surface area contributed by atoms with Gasteiger partial charge in [-0.3, -0.25) is 0 Å². The molecule has 0 spiro atoms. The number of aryl methyl sites for hydroxylation is 1. The van der Waals surface area contributed by atoms with Gasteiger partial charge in [-0.2, -0.15) is 0 Å². The van der Waals surface area contributed by atoms with Gasteiger partial charge in [0.2, 0.25) is 0 Å². The monoisotopic (exact) mass is 548 g/mol. The van der Waals surface area contributed by atoms with Crippen molar-refractivity contribution in [2.45, 2.75) is 37.0 Å². The average Bonchev–Trinajstić information content (AvgIpc) is 3.26. The van der Waals surface area contributed by atoms with Crippen molar-refractivity contribution in [3.63, 3.8) is 0 Å². The second-order valence-electron chi connectivity index (χ2n) is 10.9. The zero-order chi connectivity index (χ0) is 25.9. The van der Waals surface area contributed by atoms with Crippen molar-refractivity contribution < 1.29 is 1.37 Å². The van der Waals surface area contributed by atoms with Crippen LogP contribution < -0.4 is 4.40 Å². The Bertz CT molecular complexity index is 1810. The van der Waals surface area contributed by atoms with Gasteiger partial charge >= 0.3 is 175 Å². The summed E-state index contributed by atoms with van der Waals surface area (Å²) in [6, 6.07) is 30.6. The molecule has 2 aromatic heterocycles. The smallest absolute Gasteiger partial charge is 0.0587 e. The van der Waals surface area contributed by atoms with E-state index < -0.39 is 19.2 Å². The third-order valence-electron chi connectivity index (χ3n) is 7.26. The van der Waals surface area contributed by atoms with E-state index in [1.54, 1.807) is 0 Å². The number of hydrogen-bond donors (Lipinski definition) is 0. The molecule has 0 fully saturated rings. The molecule has 3 heteroatoms. The summed E-state index contributed by atoms with van der Waals surface area (Å²) in [5.41, 5.74) is 5.24. The van der Waals surface area contributed by atoms with Gasteiger partial charge in [-0.25, -0.2) is 0 Å².